The van der Waals surface area contributed by atoms with Crippen LogP contribution in [0, 0.1) is 10.1 Å². The lowest BCUT2D eigenvalue weighted by Crippen LogP contribution is -2.47. The molecule has 0 saturated carbocycles. The summed E-state index contributed by atoms with van der Waals surface area (Å²) in [6.45, 7) is 2.36. The summed E-state index contributed by atoms with van der Waals surface area (Å²) in [6, 6.07) is 14.4. The molecule has 0 spiro atoms. The van der Waals surface area contributed by atoms with E-state index in [2.05, 4.69) is 25.7 Å². The van der Waals surface area contributed by atoms with Gasteiger partial charge >= 0.3 is 5.69 Å². The molecule has 0 radical (unpaired) electrons. The van der Waals surface area contributed by atoms with Crippen molar-refractivity contribution in [2.45, 2.75) is 0 Å². The number of hydrogen-bond acceptors (Lipinski definition) is 10. The Kier molecular flexibility index (Phi) is 7.10. The lowest BCUT2D eigenvalue weighted by Gasteiger charge is -2.36. The lowest BCUT2D eigenvalue weighted by molar-refractivity contribution is -0.383. The van der Waals surface area contributed by atoms with E-state index in [1.165, 1.54) is 13.4 Å². The van der Waals surface area contributed by atoms with Crippen LogP contribution in [0.1, 0.15) is 10.4 Å². The number of nitro groups is 1. The minimum absolute atomic E-state index is 0.110. The van der Waals surface area contributed by atoms with Crippen molar-refractivity contribution in [2.75, 3.05) is 55.6 Å². The third kappa shape index (κ3) is 5.16. The van der Waals surface area contributed by atoms with Crippen molar-refractivity contribution in [2.24, 2.45) is 0 Å². The topological polar surface area (TPSA) is 135 Å². The highest BCUT2D eigenvalue weighted by Crippen LogP contribution is 2.32. The summed E-state index contributed by atoms with van der Waals surface area (Å²) in [7, 11) is 3.07. The van der Waals surface area contributed by atoms with Crippen LogP contribution in [0.15, 0.2) is 54.9 Å². The van der Waals surface area contributed by atoms with E-state index < -0.39 is 10.8 Å². The van der Waals surface area contributed by atoms with Crippen molar-refractivity contribution in [1.29, 1.82) is 0 Å². The normalized spacial score (nSPS) is 13.2. The molecule has 1 aliphatic rings. The Bertz CT molecular complexity index is 1200. The van der Waals surface area contributed by atoms with Gasteiger partial charge in [-0.25, -0.2) is 9.97 Å². The van der Waals surface area contributed by atoms with Crippen molar-refractivity contribution in [1.82, 2.24) is 15.4 Å². The van der Waals surface area contributed by atoms with Gasteiger partial charge in [0.15, 0.2) is 0 Å². The fourth-order valence-corrected chi connectivity index (χ4v) is 3.85. The largest absolute Gasteiger partial charge is 0.497 e. The summed E-state index contributed by atoms with van der Waals surface area (Å²) in [6.07, 6.45) is 1.23. The Labute approximate surface area is 201 Å². The van der Waals surface area contributed by atoms with Crippen LogP contribution >= 0.6 is 0 Å². The maximum absolute atomic E-state index is 12.6. The van der Waals surface area contributed by atoms with Crippen LogP contribution in [-0.4, -0.2) is 61.2 Å². The number of benzene rings is 2. The molecule has 1 amide bonds. The van der Waals surface area contributed by atoms with Gasteiger partial charge in [0.1, 0.15) is 17.8 Å². The average molecular weight is 479 g/mol. The van der Waals surface area contributed by atoms with Gasteiger partial charge in [0.25, 0.3) is 5.91 Å². The minimum atomic E-state index is -0.553. The second-order valence-electron chi connectivity index (χ2n) is 7.60. The Balaban J connectivity index is 1.47. The van der Waals surface area contributed by atoms with Crippen LogP contribution in [0.3, 0.4) is 0 Å². The van der Waals surface area contributed by atoms with Gasteiger partial charge in [-0.1, -0.05) is 12.1 Å². The smallest absolute Gasteiger partial charge is 0.355 e. The monoisotopic (exact) mass is 479 g/mol. The second kappa shape index (κ2) is 10.5. The molecule has 0 unspecified atom stereocenters. The standard InChI is InChI=1S/C23H25N7O5/c1-34-17-9-7-16(8-10-17)28-11-13-29(14-12-28)22-20(30(32)33)21(24-15-25-22)26-27-23(31)18-5-3-4-6-19(18)35-2/h3-10,15H,11-14H2,1-2H3,(H,27,31)(H,24,25,26). The molecule has 12 nitrogen and oxygen atoms in total. The van der Waals surface area contributed by atoms with E-state index in [4.69, 9.17) is 9.47 Å². The number of nitrogens with zero attached hydrogens (tertiary/aromatic N) is 5. The maximum atomic E-state index is 12.6. The molecule has 2 heterocycles. The molecule has 2 N–H and O–H groups in total. The van der Waals surface area contributed by atoms with Gasteiger partial charge in [0, 0.05) is 31.9 Å². The van der Waals surface area contributed by atoms with Crippen molar-refractivity contribution >= 4 is 28.9 Å². The molecule has 35 heavy (non-hydrogen) atoms. The summed E-state index contributed by atoms with van der Waals surface area (Å²) in [5.74, 6) is 0.709. The molecule has 3 aromatic rings. The number of amides is 1. The number of nitrogens with one attached hydrogen (secondary N) is 2. The van der Waals surface area contributed by atoms with Gasteiger partial charge in [0.05, 0.1) is 24.7 Å². The SMILES string of the molecule is COc1ccc(N2CCN(c3ncnc(NNC(=O)c4ccccc4OC)c3[N+](=O)[O-])CC2)cc1. The van der Waals surface area contributed by atoms with Crippen molar-refractivity contribution < 1.29 is 19.2 Å². The molecule has 12 heteroatoms. The molecule has 1 saturated heterocycles. The van der Waals surface area contributed by atoms with E-state index >= 15 is 0 Å². The zero-order valence-electron chi connectivity index (χ0n) is 19.3. The fourth-order valence-electron chi connectivity index (χ4n) is 3.85. The molecule has 4 rings (SSSR count). The molecule has 2 aromatic carbocycles. The molecular formula is C23H25N7O5. The highest BCUT2D eigenvalue weighted by atomic mass is 16.6. The van der Waals surface area contributed by atoms with Crippen LogP contribution in [0.4, 0.5) is 23.0 Å². The highest BCUT2D eigenvalue weighted by Gasteiger charge is 2.29. The molecule has 0 aliphatic carbocycles. The van der Waals surface area contributed by atoms with Gasteiger partial charge in [0.2, 0.25) is 11.6 Å². The van der Waals surface area contributed by atoms with Gasteiger partial charge < -0.3 is 19.3 Å². The minimum Gasteiger partial charge on any atom is -0.497 e. The fraction of sp³-hybridized carbons (Fsp3) is 0.261. The number of aromatic nitrogens is 2. The maximum Gasteiger partial charge on any atom is 0.355 e. The Hall–Kier alpha value is -4.61. The number of para-hydroxylation sites is 1. The first-order valence-corrected chi connectivity index (χ1v) is 10.8. The lowest BCUT2D eigenvalue weighted by atomic mass is 10.2. The zero-order chi connectivity index (χ0) is 24.8. The van der Waals surface area contributed by atoms with Gasteiger partial charge in [-0.3, -0.25) is 25.8 Å². The zero-order valence-corrected chi connectivity index (χ0v) is 19.3. The van der Waals surface area contributed by atoms with E-state index in [1.807, 2.05) is 29.2 Å². The summed E-state index contributed by atoms with van der Waals surface area (Å²) in [5.41, 5.74) is 6.03. The summed E-state index contributed by atoms with van der Waals surface area (Å²) in [5, 5.41) is 12.0. The van der Waals surface area contributed by atoms with Gasteiger partial charge in [-0.2, -0.15) is 0 Å². The number of hydrogen-bond donors (Lipinski definition) is 2. The first kappa shape index (κ1) is 23.5. The number of piperazine rings is 1. The second-order valence-corrected chi connectivity index (χ2v) is 7.60. The van der Waals surface area contributed by atoms with Crippen LogP contribution < -0.4 is 30.1 Å². The first-order chi connectivity index (χ1) is 17.0. The predicted molar refractivity (Wildman–Crippen MR) is 130 cm³/mol. The molecule has 1 aliphatic heterocycles. The molecular weight excluding hydrogens is 454 g/mol. The van der Waals surface area contributed by atoms with Crippen molar-refractivity contribution in [3.05, 3.63) is 70.5 Å². The van der Waals surface area contributed by atoms with Crippen LogP contribution in [0.2, 0.25) is 0 Å². The van der Waals surface area contributed by atoms with E-state index in [-0.39, 0.29) is 22.9 Å². The van der Waals surface area contributed by atoms with Gasteiger partial charge in [-0.15, -0.1) is 0 Å². The van der Waals surface area contributed by atoms with E-state index in [0.717, 1.165) is 11.4 Å². The number of carbonyl (C=O) groups excluding carboxylic acids is 1. The van der Waals surface area contributed by atoms with Crippen LogP contribution in [0.25, 0.3) is 0 Å². The van der Waals surface area contributed by atoms with Crippen LogP contribution in [-0.2, 0) is 0 Å². The number of rotatable bonds is 8. The summed E-state index contributed by atoms with van der Waals surface area (Å²) < 4.78 is 10.4. The average Bonchev–Trinajstić information content (AvgIpc) is 2.91. The summed E-state index contributed by atoms with van der Waals surface area (Å²) >= 11 is 0. The highest BCUT2D eigenvalue weighted by molar-refractivity contribution is 5.97. The molecule has 182 valence electrons. The number of ether oxygens (including phenoxy) is 2. The predicted octanol–water partition coefficient (Wildman–Crippen LogP) is 2.49. The van der Waals surface area contributed by atoms with Crippen LogP contribution in [0.5, 0.6) is 11.5 Å². The van der Waals surface area contributed by atoms with E-state index in [9.17, 15) is 14.9 Å². The number of carbonyl (C=O) groups is 1. The van der Waals surface area contributed by atoms with E-state index in [1.54, 1.807) is 31.4 Å². The Morgan fingerprint density at radius 1 is 0.971 bits per heavy atom. The molecule has 0 bridgehead atoms. The molecule has 0 atom stereocenters. The Morgan fingerprint density at radius 2 is 1.66 bits per heavy atom. The quantitative estimate of drug-likeness (QED) is 0.366. The molecule has 1 fully saturated rings. The molecule has 1 aromatic heterocycles. The Morgan fingerprint density at radius 3 is 2.31 bits per heavy atom. The van der Waals surface area contributed by atoms with Gasteiger partial charge in [-0.05, 0) is 36.4 Å². The number of methoxy groups -OCH3 is 2. The van der Waals surface area contributed by atoms with E-state index in [0.29, 0.717) is 31.9 Å². The third-order valence-corrected chi connectivity index (χ3v) is 5.65. The number of anilines is 3. The summed E-state index contributed by atoms with van der Waals surface area (Å²) in [4.78, 5) is 36.2. The number of hydrazine groups is 1. The first-order valence-electron chi connectivity index (χ1n) is 10.8. The third-order valence-electron chi connectivity index (χ3n) is 5.65. The van der Waals surface area contributed by atoms with Crippen molar-refractivity contribution in [3.63, 3.8) is 0 Å². The van der Waals surface area contributed by atoms with Crippen molar-refractivity contribution in [3.8, 4) is 11.5 Å².